The van der Waals surface area contributed by atoms with Gasteiger partial charge < -0.3 is 0 Å². The van der Waals surface area contributed by atoms with Crippen molar-refractivity contribution in [3.05, 3.63) is 65.7 Å². The van der Waals surface area contributed by atoms with Crippen molar-refractivity contribution < 1.29 is 22.0 Å². The first-order valence-electron chi connectivity index (χ1n) is 6.93. The molecule has 0 saturated heterocycles. The molecule has 0 amide bonds. The average Bonchev–Trinajstić information content (AvgIpc) is 3.08. The van der Waals surface area contributed by atoms with E-state index >= 15 is 0 Å². The summed E-state index contributed by atoms with van der Waals surface area (Å²) in [6.45, 7) is 0. The minimum atomic E-state index is -4.20. The number of tetrazole rings is 1. The third kappa shape index (κ3) is 3.43. The quantitative estimate of drug-likeness (QED) is 0.638. The number of rotatable bonds is 5. The minimum absolute atomic E-state index is 0.263. The summed E-state index contributed by atoms with van der Waals surface area (Å²) in [6, 6.07) is 10.7. The van der Waals surface area contributed by atoms with Crippen LogP contribution in [0.2, 0.25) is 0 Å². The Hall–Kier alpha value is -3.01. The van der Waals surface area contributed by atoms with Crippen LogP contribution in [0.5, 0.6) is 0 Å². The monoisotopic (exact) mass is 364 g/mol. The predicted molar refractivity (Wildman–Crippen MR) is 81.9 cm³/mol. The Labute approximate surface area is 140 Å². The second-order valence-electron chi connectivity index (χ2n) is 5.02. The molecule has 0 aliphatic heterocycles. The van der Waals surface area contributed by atoms with Crippen molar-refractivity contribution in [3.8, 4) is 5.69 Å². The Bertz CT molecular complexity index is 1040. The van der Waals surface area contributed by atoms with Gasteiger partial charge in [0.2, 0.25) is 9.84 Å². The Balaban J connectivity index is 1.92. The maximum absolute atomic E-state index is 13.2. The molecule has 25 heavy (non-hydrogen) atoms. The van der Waals surface area contributed by atoms with E-state index in [1.165, 1.54) is 0 Å². The maximum atomic E-state index is 13.2. The molecule has 7 nitrogen and oxygen atoms in total. The highest BCUT2D eigenvalue weighted by Gasteiger charge is 2.27. The normalized spacial score (nSPS) is 11.4. The van der Waals surface area contributed by atoms with E-state index in [2.05, 4.69) is 15.5 Å². The number of para-hydroxylation sites is 1. The summed E-state index contributed by atoms with van der Waals surface area (Å²) in [5.41, 5.74) is 0.132. The van der Waals surface area contributed by atoms with Crippen molar-refractivity contribution in [3.63, 3.8) is 0 Å². The van der Waals surface area contributed by atoms with Crippen LogP contribution in [0.4, 0.5) is 8.78 Å². The highest BCUT2D eigenvalue weighted by molar-refractivity contribution is 7.92. The van der Waals surface area contributed by atoms with Crippen LogP contribution in [0.1, 0.15) is 10.4 Å². The zero-order valence-corrected chi connectivity index (χ0v) is 13.3. The zero-order chi connectivity index (χ0) is 18.0. The van der Waals surface area contributed by atoms with Gasteiger partial charge in [0.05, 0.1) is 5.69 Å². The molecule has 1 aromatic heterocycles. The van der Waals surface area contributed by atoms with Crippen LogP contribution in [0.15, 0.2) is 53.7 Å². The summed E-state index contributed by atoms with van der Waals surface area (Å²) in [5.74, 6) is -4.25. The average molecular weight is 364 g/mol. The molecular formula is C15H10F2N4O3S. The van der Waals surface area contributed by atoms with Crippen molar-refractivity contribution in [2.75, 3.05) is 5.75 Å². The molecule has 1 heterocycles. The highest BCUT2D eigenvalue weighted by atomic mass is 32.2. The van der Waals surface area contributed by atoms with E-state index in [4.69, 9.17) is 0 Å². The molecule has 0 unspecified atom stereocenters. The van der Waals surface area contributed by atoms with E-state index in [-0.39, 0.29) is 5.56 Å². The molecule has 0 atom stereocenters. The standard InChI is InChI=1S/C15H10F2N4O3S/c16-12-7-6-10(8-13(12)17)14(22)9-25(23,24)15-18-19-20-21(15)11-4-2-1-3-5-11/h1-8H,9H2. The first-order valence-corrected chi connectivity index (χ1v) is 8.58. The topological polar surface area (TPSA) is 94.8 Å². The molecule has 3 aromatic rings. The molecule has 0 aliphatic carbocycles. The fourth-order valence-corrected chi connectivity index (χ4v) is 3.30. The number of halogens is 2. The van der Waals surface area contributed by atoms with Crippen LogP contribution in [0, 0.1) is 11.6 Å². The number of nitrogens with zero attached hydrogens (tertiary/aromatic N) is 4. The molecule has 0 saturated carbocycles. The van der Waals surface area contributed by atoms with Gasteiger partial charge in [-0.3, -0.25) is 4.79 Å². The second kappa shape index (κ2) is 6.48. The summed E-state index contributed by atoms with van der Waals surface area (Å²) in [7, 11) is -4.20. The van der Waals surface area contributed by atoms with E-state index in [0.717, 1.165) is 16.8 Å². The van der Waals surface area contributed by atoms with Crippen molar-refractivity contribution in [2.45, 2.75) is 5.16 Å². The van der Waals surface area contributed by atoms with Gasteiger partial charge in [-0.25, -0.2) is 17.2 Å². The highest BCUT2D eigenvalue weighted by Crippen LogP contribution is 2.15. The van der Waals surface area contributed by atoms with Gasteiger partial charge in [0.25, 0.3) is 5.16 Å². The van der Waals surface area contributed by atoms with Crippen molar-refractivity contribution in [2.24, 2.45) is 0 Å². The van der Waals surface area contributed by atoms with Crippen LogP contribution >= 0.6 is 0 Å². The van der Waals surface area contributed by atoms with E-state index in [0.29, 0.717) is 11.8 Å². The first kappa shape index (κ1) is 16.8. The fourth-order valence-electron chi connectivity index (χ4n) is 2.09. The van der Waals surface area contributed by atoms with Gasteiger partial charge in [0.15, 0.2) is 17.4 Å². The van der Waals surface area contributed by atoms with Crippen LogP contribution in [0.3, 0.4) is 0 Å². The number of aromatic nitrogens is 4. The molecular weight excluding hydrogens is 354 g/mol. The summed E-state index contributed by atoms with van der Waals surface area (Å²) in [4.78, 5) is 12.1. The molecule has 3 rings (SSSR count). The molecule has 0 bridgehead atoms. The predicted octanol–water partition coefficient (Wildman–Crippen LogP) is 1.60. The summed E-state index contributed by atoms with van der Waals surface area (Å²) < 4.78 is 52.1. The number of hydrogen-bond donors (Lipinski definition) is 0. The second-order valence-corrected chi connectivity index (χ2v) is 6.90. The molecule has 0 radical (unpaired) electrons. The van der Waals surface area contributed by atoms with E-state index < -0.39 is 38.2 Å². The number of Topliss-reactive ketones (excluding diaryl/α,β-unsaturated/α-hetero) is 1. The van der Waals surface area contributed by atoms with Crippen LogP contribution < -0.4 is 0 Å². The third-order valence-corrected chi connectivity index (χ3v) is 4.74. The number of ketones is 1. The number of carbonyl (C=O) groups is 1. The lowest BCUT2D eigenvalue weighted by atomic mass is 10.1. The number of sulfone groups is 1. The van der Waals surface area contributed by atoms with Gasteiger partial charge in [-0.1, -0.05) is 23.3 Å². The van der Waals surface area contributed by atoms with Crippen LogP contribution in [0.25, 0.3) is 5.69 Å². The largest absolute Gasteiger partial charge is 0.293 e. The minimum Gasteiger partial charge on any atom is -0.293 e. The lowest BCUT2D eigenvalue weighted by Crippen LogP contribution is -2.20. The SMILES string of the molecule is O=C(CS(=O)(=O)c1nnnn1-c1ccccc1)c1ccc(F)c(F)c1. The Morgan fingerprint density at radius 1 is 1.04 bits per heavy atom. The first-order chi connectivity index (χ1) is 11.9. The molecule has 0 aliphatic rings. The number of benzene rings is 2. The molecule has 0 fully saturated rings. The molecule has 10 heteroatoms. The Morgan fingerprint density at radius 3 is 2.44 bits per heavy atom. The zero-order valence-electron chi connectivity index (χ0n) is 12.5. The summed E-state index contributed by atoms with van der Waals surface area (Å²) in [6.07, 6.45) is 0. The molecule has 128 valence electrons. The molecule has 0 N–H and O–H groups in total. The smallest absolute Gasteiger partial charge is 0.272 e. The van der Waals surface area contributed by atoms with Gasteiger partial charge in [-0.15, -0.1) is 0 Å². The Morgan fingerprint density at radius 2 is 1.76 bits per heavy atom. The number of carbonyl (C=O) groups excluding carboxylic acids is 1. The fraction of sp³-hybridized carbons (Fsp3) is 0.0667. The molecule has 2 aromatic carbocycles. The Kier molecular flexibility index (Phi) is 4.36. The van der Waals surface area contributed by atoms with Gasteiger partial charge in [-0.2, -0.15) is 4.68 Å². The lowest BCUT2D eigenvalue weighted by Gasteiger charge is -2.05. The summed E-state index contributed by atoms with van der Waals surface area (Å²) >= 11 is 0. The lowest BCUT2D eigenvalue weighted by molar-refractivity contribution is 0.102. The van der Waals surface area contributed by atoms with Gasteiger partial charge in [-0.05, 0) is 40.8 Å². The van der Waals surface area contributed by atoms with E-state index in [9.17, 15) is 22.0 Å². The van der Waals surface area contributed by atoms with Crippen LogP contribution in [-0.4, -0.2) is 40.2 Å². The molecule has 0 spiro atoms. The van der Waals surface area contributed by atoms with Crippen molar-refractivity contribution >= 4 is 15.6 Å². The van der Waals surface area contributed by atoms with Gasteiger partial charge in [0, 0.05) is 5.56 Å². The maximum Gasteiger partial charge on any atom is 0.272 e. The number of hydrogen-bond acceptors (Lipinski definition) is 6. The van der Waals surface area contributed by atoms with Gasteiger partial charge >= 0.3 is 0 Å². The van der Waals surface area contributed by atoms with Crippen LogP contribution in [-0.2, 0) is 9.84 Å². The van der Waals surface area contributed by atoms with Crippen molar-refractivity contribution in [1.29, 1.82) is 0 Å². The van der Waals surface area contributed by atoms with Gasteiger partial charge in [0.1, 0.15) is 5.75 Å². The van der Waals surface area contributed by atoms with E-state index in [1.807, 2.05) is 0 Å². The third-order valence-electron chi connectivity index (χ3n) is 3.28. The summed E-state index contributed by atoms with van der Waals surface area (Å²) in [5, 5.41) is 9.90. The van der Waals surface area contributed by atoms with Crippen molar-refractivity contribution in [1.82, 2.24) is 20.2 Å². The van der Waals surface area contributed by atoms with E-state index in [1.54, 1.807) is 30.3 Å².